The number of piperazine rings is 4. The first-order valence-electron chi connectivity index (χ1n) is 45.5. The number of pyridine rings is 6. The van der Waals surface area contributed by atoms with Crippen molar-refractivity contribution in [3.05, 3.63) is 299 Å². The van der Waals surface area contributed by atoms with Gasteiger partial charge in [0.2, 0.25) is 0 Å². The Kier molecular flexibility index (Phi) is 28.5. The van der Waals surface area contributed by atoms with Crippen LogP contribution in [-0.2, 0) is 0 Å². The molecule has 21 rings (SSSR count). The Hall–Kier alpha value is -15.2. The molecule has 0 bridgehead atoms. The average Bonchev–Trinajstić information content (AvgIpc) is 1.70. The number of methoxy groups -OCH3 is 6. The molecule has 5 aliphatic rings. The van der Waals surface area contributed by atoms with Crippen molar-refractivity contribution in [1.29, 1.82) is 0 Å². The summed E-state index contributed by atoms with van der Waals surface area (Å²) in [6, 6.07) is 47.6. The number of nitrogens with zero attached hydrogens (tertiary/aromatic N) is 16. The van der Waals surface area contributed by atoms with Gasteiger partial charge in [0.25, 0.3) is 27.8 Å². The van der Waals surface area contributed by atoms with Gasteiger partial charge in [-0.3, -0.25) is 46.0 Å². The summed E-state index contributed by atoms with van der Waals surface area (Å²) >= 11 is 0. The van der Waals surface area contributed by atoms with Crippen molar-refractivity contribution >= 4 is 62.2 Å². The fourth-order valence-electron chi connectivity index (χ4n) is 17.6. The molecule has 0 radical (unpaired) electrons. The minimum atomic E-state index is -0.436. The van der Waals surface area contributed by atoms with Crippen LogP contribution in [0.5, 0.6) is 34.5 Å². The molecule has 4 saturated heterocycles. The van der Waals surface area contributed by atoms with Crippen LogP contribution in [0.3, 0.4) is 0 Å². The van der Waals surface area contributed by atoms with Crippen molar-refractivity contribution < 1.29 is 37.2 Å². The van der Waals surface area contributed by atoms with Gasteiger partial charge in [-0.2, -0.15) is 0 Å². The second-order valence-corrected chi connectivity index (χ2v) is 34.1. The number of aryl methyl sites for hydroxylation is 3. The smallest absolute Gasteiger partial charge is 0.258 e. The summed E-state index contributed by atoms with van der Waals surface area (Å²) < 4.78 is 69.0. The van der Waals surface area contributed by atoms with Gasteiger partial charge in [0.15, 0.2) is 23.0 Å². The highest BCUT2D eigenvalue weighted by atomic mass is 19.1. The van der Waals surface area contributed by atoms with E-state index in [0.717, 1.165) is 179 Å². The number of halogens is 2. The SMILES string of the molecule is COc1cc(F)cc(-c2cc(=O)n3cc(N4CCNCC4)ccc3n2)c1.COc1cc(F)cc(-c2cc(=O)n3cc(N4CCN[C@@H](C)C4)ccc3n2)c1.COc1ccc(-c2cc(=O)n3cc(C4=CCNCC4)ccc3n2)cc1OC.COc1ccc(-c2cc(=O)n3cc(N4CCN[C@@H](C)C4)cc(C)c3n2)cc1OC.Cc1cn2cc(-c3cc(=O)n4cc(N5CCNCC5)ccc4n3)cc(C)c2n1. The lowest BCUT2D eigenvalue weighted by Gasteiger charge is -2.33. The highest BCUT2D eigenvalue weighted by molar-refractivity contribution is 5.73. The molecule has 16 aromatic rings. The molecular weight excluding hydrogens is 1750 g/mol. The number of hydrogen-bond acceptors (Lipinski definition) is 26. The zero-order chi connectivity index (χ0) is 95.7. The average molecular weight is 1860 g/mol. The summed E-state index contributed by atoms with van der Waals surface area (Å²) in [5, 5.41) is 16.8. The first-order valence-corrected chi connectivity index (χ1v) is 45.5. The third kappa shape index (κ3) is 21.3. The van der Waals surface area contributed by atoms with E-state index in [1.807, 2.05) is 160 Å². The van der Waals surface area contributed by atoms with Crippen molar-refractivity contribution in [3.63, 3.8) is 0 Å². The monoisotopic (exact) mass is 1850 g/mol. The molecule has 5 N–H and O–H groups in total. The molecule has 0 unspecified atom stereocenters. The van der Waals surface area contributed by atoms with Crippen LogP contribution in [-0.4, -0.2) is 216 Å². The number of benzene rings is 4. The first-order chi connectivity index (χ1) is 66.4. The molecule has 0 spiro atoms. The van der Waals surface area contributed by atoms with Crippen molar-refractivity contribution in [2.45, 2.75) is 53.1 Å². The highest BCUT2D eigenvalue weighted by Crippen LogP contribution is 2.36. The third-order valence-electron chi connectivity index (χ3n) is 24.7. The molecule has 17 heterocycles. The van der Waals surface area contributed by atoms with Gasteiger partial charge in [0.05, 0.1) is 99.6 Å². The molecule has 0 amide bonds. The number of imidazole rings is 1. The van der Waals surface area contributed by atoms with E-state index in [1.165, 1.54) is 65.0 Å². The molecule has 2 atom stereocenters. The summed E-state index contributed by atoms with van der Waals surface area (Å²) in [6.07, 6.45) is 16.4. The molecule has 12 aromatic heterocycles. The normalized spacial score (nSPS) is 15.6. The van der Waals surface area contributed by atoms with Gasteiger partial charge in [-0.05, 0) is 191 Å². The molecule has 706 valence electrons. The summed E-state index contributed by atoms with van der Waals surface area (Å²) in [5.74, 6) is 2.38. The Morgan fingerprint density at radius 2 is 0.730 bits per heavy atom. The fraction of sp³-hybridized carbons (Fsp3) is 0.291. The molecule has 0 aliphatic carbocycles. The number of aromatic nitrogens is 12. The van der Waals surface area contributed by atoms with E-state index in [2.05, 4.69) is 92.1 Å². The lowest BCUT2D eigenvalue weighted by atomic mass is 10.0. The van der Waals surface area contributed by atoms with E-state index in [4.69, 9.17) is 38.4 Å². The maximum Gasteiger partial charge on any atom is 0.258 e. The number of anilines is 4. The van der Waals surface area contributed by atoms with Gasteiger partial charge in [0, 0.05) is 224 Å². The predicted octanol–water partition coefficient (Wildman–Crippen LogP) is 11.5. The minimum absolute atomic E-state index is 0.0726. The minimum Gasteiger partial charge on any atom is -0.497 e. The Balaban J connectivity index is 0.000000119. The van der Waals surface area contributed by atoms with Crippen LogP contribution in [0.4, 0.5) is 31.5 Å². The molecular formula is C103H109F2N21O11. The molecule has 137 heavy (non-hydrogen) atoms. The third-order valence-corrected chi connectivity index (χ3v) is 24.7. The second kappa shape index (κ2) is 41.7. The number of fused-ring (bicyclic) bond motifs is 6. The lowest BCUT2D eigenvalue weighted by Crippen LogP contribution is -2.49. The van der Waals surface area contributed by atoms with Gasteiger partial charge >= 0.3 is 0 Å². The van der Waals surface area contributed by atoms with Crippen LogP contribution in [0, 0.1) is 32.4 Å². The van der Waals surface area contributed by atoms with Crippen LogP contribution in [0.2, 0.25) is 0 Å². The van der Waals surface area contributed by atoms with E-state index in [1.54, 1.807) is 72.0 Å². The van der Waals surface area contributed by atoms with Crippen LogP contribution in [0.1, 0.15) is 42.7 Å². The van der Waals surface area contributed by atoms with Crippen molar-refractivity contribution in [2.75, 3.05) is 167 Å². The molecule has 32 nitrogen and oxygen atoms in total. The summed E-state index contributed by atoms with van der Waals surface area (Å²) in [6.45, 7) is 25.0. The topological polar surface area (TPSA) is 318 Å². The van der Waals surface area contributed by atoms with Crippen LogP contribution in [0.15, 0.2) is 237 Å². The predicted molar refractivity (Wildman–Crippen MR) is 532 cm³/mol. The van der Waals surface area contributed by atoms with Crippen LogP contribution >= 0.6 is 0 Å². The van der Waals surface area contributed by atoms with Gasteiger partial charge < -0.3 is 79.0 Å². The fourth-order valence-corrected chi connectivity index (χ4v) is 17.6. The Labute approximate surface area is 788 Å². The Morgan fingerprint density at radius 1 is 0.328 bits per heavy atom. The number of hydrogen-bond donors (Lipinski definition) is 5. The van der Waals surface area contributed by atoms with Crippen molar-refractivity contribution in [3.8, 4) is 90.8 Å². The molecule has 4 aromatic carbocycles. The van der Waals surface area contributed by atoms with Crippen molar-refractivity contribution in [1.82, 2.24) is 82.9 Å². The zero-order valence-corrected chi connectivity index (χ0v) is 78.3. The van der Waals surface area contributed by atoms with Gasteiger partial charge in [-0.15, -0.1) is 0 Å². The molecule has 34 heteroatoms. The van der Waals surface area contributed by atoms with E-state index in [9.17, 15) is 32.8 Å². The zero-order valence-electron chi connectivity index (χ0n) is 78.3. The number of rotatable bonds is 16. The van der Waals surface area contributed by atoms with Gasteiger partial charge in [-0.1, -0.05) is 6.08 Å². The summed E-state index contributed by atoms with van der Waals surface area (Å²) in [5.41, 5.74) is 18.9. The van der Waals surface area contributed by atoms with Gasteiger partial charge in [0.1, 0.15) is 57.0 Å². The second-order valence-electron chi connectivity index (χ2n) is 34.1. The molecule has 0 saturated carbocycles. The first kappa shape index (κ1) is 93.6. The van der Waals surface area contributed by atoms with Crippen molar-refractivity contribution in [2.24, 2.45) is 0 Å². The largest absolute Gasteiger partial charge is 0.497 e. The Bertz CT molecular complexity index is 7560. The van der Waals surface area contributed by atoms with E-state index >= 15 is 0 Å². The Morgan fingerprint density at radius 3 is 1.18 bits per heavy atom. The van der Waals surface area contributed by atoms with E-state index in [-0.39, 0.29) is 27.8 Å². The molecule has 5 aliphatic heterocycles. The van der Waals surface area contributed by atoms with Gasteiger partial charge in [-0.25, -0.2) is 38.7 Å². The maximum absolute atomic E-state index is 13.8. The summed E-state index contributed by atoms with van der Waals surface area (Å²) in [4.78, 5) is 101. The number of nitrogens with one attached hydrogen (secondary N) is 5. The quantitative estimate of drug-likeness (QED) is 0.0600. The standard InChI is InChI=1S/C22H26N4O3.C21H22N6O.C21H21N3O3.C20H21FN4O2.C19H19FN4O2/c1-14-9-17(25-8-7-23-15(2)12-25)13-26-21(27)11-18(24-22(14)26)16-5-6-19(28-3)20(10-16)29-4;1-14-9-16(12-26-11-15(2)23-21(14)26)18-10-20(28)27-13-17(3-4-19(27)24-18)25-7-5-22-6-8-25;1-26-18-5-3-15(11-19(18)27-2)17-12-21(25)24-13-16(4-6-20(24)23-17)14-7-9-22-10-8-14;1-13-11-24(6-5-22-13)16-3-4-19-23-18(10-20(26)25(19)12-16)14-7-15(21)9-17(8-14)27-2;1-26-16-9-13(8-14(20)10-16)17-11-19(25)24-12-15(2-3-18(24)22-17)23-6-4-21-5-7-23/h5-6,9-11,13,15,23H,7-8,12H2,1-4H3;3-4,9-13,22H,5-8H2,1-2H3;3-7,11-13,22H,8-10H2,1-2H3;3-4,7-10,12-13,22H,5-6,11H2,1-2H3;2-3,8-12,21H,4-7H2,1H3/t15-;;;13-;/m0..0./s1. The highest BCUT2D eigenvalue weighted by Gasteiger charge is 2.24. The molecule has 4 fully saturated rings. The maximum atomic E-state index is 13.8. The summed E-state index contributed by atoms with van der Waals surface area (Å²) in [7, 11) is 9.30. The van der Waals surface area contributed by atoms with Crippen LogP contribution < -0.4 is 102 Å². The van der Waals surface area contributed by atoms with Crippen LogP contribution in [0.25, 0.3) is 95.7 Å². The van der Waals surface area contributed by atoms with E-state index < -0.39 is 11.6 Å². The number of ether oxygens (including phenoxy) is 6. The lowest BCUT2D eigenvalue weighted by molar-refractivity contribution is 0.355. The van der Waals surface area contributed by atoms with E-state index in [0.29, 0.717) is 114 Å².